The number of aliphatic hydroxyl groups excluding tert-OH is 1. The summed E-state index contributed by atoms with van der Waals surface area (Å²) in [6.07, 6.45) is -3.35. The van der Waals surface area contributed by atoms with Gasteiger partial charge in [-0.25, -0.2) is 0 Å². The SMILES string of the molecule is Bc1c(O)c(C2c3c(OP)cc(OP)c(B)c3OC(c3ccc(OP)c(OP)c3)C2O)c(O)c2c1OC(c1ccc(O)c(O)c1)C(C)C2c1[c]([Mo])cc(C)c2c1OC(c1ccc(C)c(C)c1)C(C)C2c1[c]([Mo])cc(C)c2c1OC(c1ccc(C)c(C)c1)C(C)C2. The Bertz CT molecular complexity index is 4250. The van der Waals surface area contributed by atoms with Crippen molar-refractivity contribution in [2.24, 2.45) is 17.8 Å². The van der Waals surface area contributed by atoms with Crippen molar-refractivity contribution in [3.05, 3.63) is 186 Å². The van der Waals surface area contributed by atoms with Gasteiger partial charge >= 0.3 is 521 Å². The summed E-state index contributed by atoms with van der Waals surface area (Å²) in [7, 11) is 12.6. The van der Waals surface area contributed by atoms with E-state index in [9.17, 15) is 25.5 Å². The fraction of sp³-hybridized carbons (Fsp3) is 0.304. The molecule has 15 unspecified atom stereocenters. The van der Waals surface area contributed by atoms with Crippen molar-refractivity contribution in [1.29, 1.82) is 0 Å². The third kappa shape index (κ3) is 10.7. The quantitative estimate of drug-likeness (QED) is 0.0471. The van der Waals surface area contributed by atoms with Gasteiger partial charge in [0.1, 0.15) is 0 Å². The standard InChI is InChI=1S/C69H72B2O13P4.2Mo/c1-28-10-14-37(22-32(28)5)62-34(7)24-43-30(3)12-18-41(66(43)77-62)51-35(8)63(38-15-11-29(2)33(6)23-38)78-67-42(19-13-31(4)50(51)67)52-36(9)64(39-16-20-44(72)45(73)25-39)79-69-56(52)59(74)55(60(75)58(69)71)54-53-48(83-87)27-49(84-88)57(70)68(53)80-65(61(54)76)40-17-21-46(81-85)47(26-40)82-86;;/h10-17,20-23,25-27,34-36,51-52,54,61-65,72-76H,24,70-71,85-88H2,1-9H3;;. The van der Waals surface area contributed by atoms with Gasteiger partial charge in [-0.1, -0.05) is 0 Å². The van der Waals surface area contributed by atoms with Gasteiger partial charge in [0.2, 0.25) is 0 Å². The van der Waals surface area contributed by atoms with Crippen LogP contribution in [0.1, 0.15) is 158 Å². The molecule has 0 aliphatic carbocycles. The van der Waals surface area contributed by atoms with Crippen molar-refractivity contribution in [1.82, 2.24) is 0 Å². The fourth-order valence-electron chi connectivity index (χ4n) is 14.7. The Balaban J connectivity index is 1.15. The fourth-order valence-corrected chi connectivity index (χ4v) is 17.5. The molecule has 15 atom stereocenters. The number of fused-ring (bicyclic) bond motifs is 4. The Labute approximate surface area is 559 Å². The summed E-state index contributed by atoms with van der Waals surface area (Å²) in [5, 5.41) is 62.4. The number of hydrogen-bond acceptors (Lipinski definition) is 13. The minimum absolute atomic E-state index is 0.0106. The third-order valence-electron chi connectivity index (χ3n) is 19.7. The second-order valence-corrected chi connectivity index (χ2v) is 28.2. The number of aliphatic hydroxyl groups is 1. The predicted octanol–water partition coefficient (Wildman–Crippen LogP) is 10.6. The van der Waals surface area contributed by atoms with Crippen molar-refractivity contribution in [2.45, 2.75) is 117 Å². The van der Waals surface area contributed by atoms with Gasteiger partial charge in [-0.05, 0) is 0 Å². The van der Waals surface area contributed by atoms with Gasteiger partial charge in [0.15, 0.2) is 5.75 Å². The average molecular weight is 1450 g/mol. The zero-order chi connectivity index (χ0) is 64.4. The molecule has 0 fully saturated rings. The molecule has 4 aliphatic rings. The van der Waals surface area contributed by atoms with Crippen LogP contribution in [0.3, 0.4) is 0 Å². The molecule has 13 nitrogen and oxygen atoms in total. The van der Waals surface area contributed by atoms with Gasteiger partial charge in [-0.3, -0.25) is 0 Å². The summed E-state index contributed by atoms with van der Waals surface area (Å²) in [6.45, 7) is 19.5. The first-order valence-electron chi connectivity index (χ1n) is 30.0. The van der Waals surface area contributed by atoms with Crippen molar-refractivity contribution >= 4 is 72.4 Å². The van der Waals surface area contributed by atoms with Crippen LogP contribution in [0.2, 0.25) is 0 Å². The molecule has 4 aliphatic heterocycles. The molecule has 0 amide bonds. The normalized spacial score (nSPS) is 23.1. The van der Waals surface area contributed by atoms with Gasteiger partial charge in [0.05, 0.1) is 28.4 Å². The van der Waals surface area contributed by atoms with E-state index in [-0.39, 0.29) is 69.4 Å². The van der Waals surface area contributed by atoms with E-state index in [1.807, 2.05) is 27.7 Å². The molecule has 90 heavy (non-hydrogen) atoms. The van der Waals surface area contributed by atoms with Crippen LogP contribution in [0.15, 0.2) is 91.0 Å². The van der Waals surface area contributed by atoms with E-state index in [1.54, 1.807) is 38.2 Å². The first-order valence-corrected chi connectivity index (χ1v) is 33.9. The average Bonchev–Trinajstić information content (AvgIpc) is 0.713. The summed E-state index contributed by atoms with van der Waals surface area (Å²) in [4.78, 5) is 0. The molecule has 8 aromatic carbocycles. The molecule has 0 bridgehead atoms. The zero-order valence-corrected chi connectivity index (χ0v) is 60.5. The molecule has 4 heterocycles. The number of ether oxygens (including phenoxy) is 4. The summed E-state index contributed by atoms with van der Waals surface area (Å²) < 4.78 is 54.7. The van der Waals surface area contributed by atoms with Crippen LogP contribution in [0.4, 0.5) is 0 Å². The van der Waals surface area contributed by atoms with Crippen molar-refractivity contribution in [3.8, 4) is 69.0 Å². The van der Waals surface area contributed by atoms with Gasteiger partial charge in [0.25, 0.3) is 0 Å². The number of aryl methyl sites for hydroxylation is 6. The Kier molecular flexibility index (Phi) is 18.0. The van der Waals surface area contributed by atoms with Gasteiger partial charge in [-0.2, -0.15) is 0 Å². The van der Waals surface area contributed by atoms with E-state index in [0.717, 1.165) is 64.6 Å². The van der Waals surface area contributed by atoms with Crippen LogP contribution in [-0.4, -0.2) is 47.3 Å². The molecule has 0 radical (unpaired) electrons. The number of aromatic hydroxyl groups is 4. The van der Waals surface area contributed by atoms with E-state index in [4.69, 9.17) is 37.0 Å². The van der Waals surface area contributed by atoms with Crippen molar-refractivity contribution in [3.63, 3.8) is 0 Å². The number of hydrogen-bond donors (Lipinski definition) is 5. The molecule has 0 spiro atoms. The number of phenols is 4. The van der Waals surface area contributed by atoms with Gasteiger partial charge in [0, 0.05) is 0 Å². The molecule has 0 aromatic heterocycles. The van der Waals surface area contributed by atoms with Crippen LogP contribution < -0.4 is 55.9 Å². The molecule has 21 heteroatoms. The van der Waals surface area contributed by atoms with Crippen LogP contribution in [-0.2, 0) is 46.0 Å². The van der Waals surface area contributed by atoms with Gasteiger partial charge < -0.3 is 9.05 Å². The molecular formula is C69H72B2Mo2O13P4. The Morgan fingerprint density at radius 3 is 1.52 bits per heavy atom. The first-order chi connectivity index (χ1) is 42.9. The Morgan fingerprint density at radius 1 is 0.422 bits per heavy atom. The number of rotatable bonds is 11. The molecule has 5 N–H and O–H groups in total. The van der Waals surface area contributed by atoms with Crippen LogP contribution in [0.25, 0.3) is 0 Å². The zero-order valence-electron chi connectivity index (χ0n) is 51.8. The summed E-state index contributed by atoms with van der Waals surface area (Å²) in [6, 6.07) is 29.3. The van der Waals surface area contributed by atoms with Gasteiger partial charge in [-0.15, -0.1) is 0 Å². The van der Waals surface area contributed by atoms with Crippen LogP contribution >= 0.6 is 37.9 Å². The number of benzene rings is 8. The molecular weight excluding hydrogens is 1370 g/mol. The maximum absolute atomic E-state index is 14.0. The van der Waals surface area contributed by atoms with Crippen molar-refractivity contribution < 1.29 is 102 Å². The van der Waals surface area contributed by atoms with E-state index >= 15 is 0 Å². The molecule has 0 saturated heterocycles. The second kappa shape index (κ2) is 25.1. The topological polar surface area (TPSA) is 175 Å². The molecule has 464 valence electrons. The first kappa shape index (κ1) is 64.6. The second-order valence-electron chi connectivity index (χ2n) is 25.1. The summed E-state index contributed by atoms with van der Waals surface area (Å²) >= 11 is 4.07. The third-order valence-corrected chi connectivity index (χ3v) is 22.4. The summed E-state index contributed by atoms with van der Waals surface area (Å²) in [5.41, 5.74) is 15.8. The van der Waals surface area contributed by atoms with E-state index < -0.39 is 42.2 Å². The molecule has 12 rings (SSSR count). The monoisotopic (exact) mass is 1450 g/mol. The predicted molar refractivity (Wildman–Crippen MR) is 360 cm³/mol. The van der Waals surface area contributed by atoms with E-state index in [0.29, 0.717) is 56.5 Å². The molecule has 8 aromatic rings. The molecule has 0 saturated carbocycles. The number of phenolic OH excluding ortho intramolecular Hbond substituents is 4. The summed E-state index contributed by atoms with van der Waals surface area (Å²) in [5.74, 6) is -0.667. The Morgan fingerprint density at radius 2 is 0.922 bits per heavy atom. The van der Waals surface area contributed by atoms with Crippen LogP contribution in [0.5, 0.6) is 69.0 Å². The van der Waals surface area contributed by atoms with E-state index in [2.05, 4.69) is 169 Å². The minimum atomic E-state index is -1.51. The van der Waals surface area contributed by atoms with Crippen LogP contribution in [0, 0.1) is 59.3 Å². The van der Waals surface area contributed by atoms with Crippen molar-refractivity contribution in [2.75, 3.05) is 0 Å². The van der Waals surface area contributed by atoms with E-state index in [1.165, 1.54) is 34.4 Å². The Hall–Kier alpha value is -5.45. The maximum atomic E-state index is 14.0.